The molecule has 2 heterocycles. The third-order valence-electron chi connectivity index (χ3n) is 4.54. The molecule has 1 unspecified atom stereocenters. The number of imide groups is 2. The van der Waals surface area contributed by atoms with Gasteiger partial charge in [-0.15, -0.1) is 0 Å². The fraction of sp³-hybridized carbons (Fsp3) is 0.444. The van der Waals surface area contributed by atoms with Crippen molar-refractivity contribution in [3.8, 4) is 0 Å². The van der Waals surface area contributed by atoms with E-state index >= 15 is 0 Å². The van der Waals surface area contributed by atoms with Crippen molar-refractivity contribution in [2.75, 3.05) is 13.2 Å². The molecule has 2 atom stereocenters. The van der Waals surface area contributed by atoms with Crippen LogP contribution < -0.4 is 0 Å². The first-order valence-corrected chi connectivity index (χ1v) is 9.73. The van der Waals surface area contributed by atoms with Gasteiger partial charge in [-0.2, -0.15) is 0 Å². The van der Waals surface area contributed by atoms with E-state index in [1.54, 1.807) is 0 Å². The van der Waals surface area contributed by atoms with Gasteiger partial charge in [0.15, 0.2) is 0 Å². The van der Waals surface area contributed by atoms with Gasteiger partial charge >= 0.3 is 6.09 Å². The number of cyclic esters (lactones) is 1. The van der Waals surface area contributed by atoms with E-state index in [2.05, 4.69) is 22.6 Å². The summed E-state index contributed by atoms with van der Waals surface area (Å²) in [5.41, 5.74) is 0.852. The molecule has 0 radical (unpaired) electrons. The van der Waals surface area contributed by atoms with E-state index in [9.17, 15) is 19.2 Å². The molecular formula is C18H19IN2O5. The molecule has 2 fully saturated rings. The highest BCUT2D eigenvalue weighted by Crippen LogP contribution is 2.29. The Morgan fingerprint density at radius 1 is 1.15 bits per heavy atom. The predicted molar refractivity (Wildman–Crippen MR) is 100 cm³/mol. The van der Waals surface area contributed by atoms with Gasteiger partial charge in [0, 0.05) is 29.7 Å². The summed E-state index contributed by atoms with van der Waals surface area (Å²) in [6.45, 7) is 0.461. The lowest BCUT2D eigenvalue weighted by Crippen LogP contribution is -2.36. The van der Waals surface area contributed by atoms with E-state index in [0.29, 0.717) is 13.0 Å². The minimum atomic E-state index is -0.627. The molecule has 0 N–H and O–H groups in total. The van der Waals surface area contributed by atoms with Crippen LogP contribution in [0.25, 0.3) is 0 Å². The topological polar surface area (TPSA) is 84.0 Å². The maximum absolute atomic E-state index is 12.6. The number of amides is 4. The van der Waals surface area contributed by atoms with Gasteiger partial charge < -0.3 is 4.74 Å². The predicted octanol–water partition coefficient (Wildman–Crippen LogP) is 2.44. The minimum Gasteiger partial charge on any atom is -0.446 e. The van der Waals surface area contributed by atoms with Crippen LogP contribution in [0.1, 0.15) is 37.3 Å². The van der Waals surface area contributed by atoms with Gasteiger partial charge in [0.1, 0.15) is 12.6 Å². The Balaban J connectivity index is 1.58. The zero-order valence-electron chi connectivity index (χ0n) is 14.1. The molecule has 2 aliphatic heterocycles. The summed E-state index contributed by atoms with van der Waals surface area (Å²) in [5.74, 6) is -0.616. The van der Waals surface area contributed by atoms with Crippen molar-refractivity contribution in [1.29, 1.82) is 0 Å². The summed E-state index contributed by atoms with van der Waals surface area (Å²) in [6.07, 6.45) is 0.569. The fourth-order valence-corrected chi connectivity index (χ4v) is 3.80. The van der Waals surface area contributed by atoms with Gasteiger partial charge in [-0.3, -0.25) is 19.3 Å². The molecule has 3 rings (SSSR count). The van der Waals surface area contributed by atoms with Gasteiger partial charge in [-0.25, -0.2) is 9.69 Å². The first kappa shape index (κ1) is 18.8. The molecule has 2 saturated heterocycles. The monoisotopic (exact) mass is 470 g/mol. The lowest BCUT2D eigenvalue weighted by molar-refractivity contribution is -0.138. The van der Waals surface area contributed by atoms with Crippen LogP contribution in [0.3, 0.4) is 0 Å². The quantitative estimate of drug-likeness (QED) is 0.363. The van der Waals surface area contributed by atoms with Crippen LogP contribution in [0.5, 0.6) is 0 Å². The van der Waals surface area contributed by atoms with Gasteiger partial charge in [0.2, 0.25) is 17.7 Å². The van der Waals surface area contributed by atoms with Crippen LogP contribution in [-0.2, 0) is 19.1 Å². The first-order valence-electron chi connectivity index (χ1n) is 8.48. The van der Waals surface area contributed by atoms with E-state index in [1.165, 1.54) is 9.80 Å². The van der Waals surface area contributed by atoms with Crippen LogP contribution in [0.15, 0.2) is 30.3 Å². The van der Waals surface area contributed by atoms with Crippen molar-refractivity contribution >= 4 is 46.4 Å². The highest BCUT2D eigenvalue weighted by molar-refractivity contribution is 14.1. The second-order valence-electron chi connectivity index (χ2n) is 6.30. The molecule has 7 nitrogen and oxygen atoms in total. The lowest BCUT2D eigenvalue weighted by atomic mass is 10.1. The number of halogens is 1. The Morgan fingerprint density at radius 3 is 2.46 bits per heavy atom. The van der Waals surface area contributed by atoms with E-state index in [0.717, 1.165) is 5.56 Å². The van der Waals surface area contributed by atoms with Gasteiger partial charge in [0.05, 0.1) is 0 Å². The number of ether oxygens (including phenoxy) is 1. The third kappa shape index (κ3) is 4.05. The molecule has 0 spiro atoms. The summed E-state index contributed by atoms with van der Waals surface area (Å²) in [7, 11) is 0. The normalized spacial score (nSPS) is 21.3. The third-order valence-corrected chi connectivity index (χ3v) is 5.61. The second-order valence-corrected chi connectivity index (χ2v) is 8.06. The molecule has 1 aromatic carbocycles. The van der Waals surface area contributed by atoms with E-state index in [1.807, 2.05) is 30.3 Å². The Bertz CT molecular complexity index is 708. The number of benzene rings is 1. The van der Waals surface area contributed by atoms with Crippen molar-refractivity contribution in [2.45, 2.75) is 35.6 Å². The standard InChI is InChI=1S/C18H19IN2O5/c19-13(8-9-20-15(22)6-7-16(20)23)10-17(24)21-14(11-26-18(21)25)12-4-2-1-3-5-12/h1-5,13-14H,6-11H2/t13?,14-/m1/s1. The summed E-state index contributed by atoms with van der Waals surface area (Å²) in [5, 5.41) is 0. The van der Waals surface area contributed by atoms with Crippen molar-refractivity contribution in [2.24, 2.45) is 0 Å². The van der Waals surface area contributed by atoms with Gasteiger partial charge in [-0.05, 0) is 12.0 Å². The zero-order valence-corrected chi connectivity index (χ0v) is 16.3. The van der Waals surface area contributed by atoms with Crippen LogP contribution >= 0.6 is 22.6 Å². The molecule has 8 heteroatoms. The maximum Gasteiger partial charge on any atom is 0.417 e. The van der Waals surface area contributed by atoms with Gasteiger partial charge in [0.25, 0.3) is 0 Å². The summed E-state index contributed by atoms with van der Waals surface area (Å²) >= 11 is 2.12. The number of nitrogens with zero attached hydrogens (tertiary/aromatic N) is 2. The molecule has 0 bridgehead atoms. The van der Waals surface area contributed by atoms with Crippen LogP contribution in [0.4, 0.5) is 4.79 Å². The van der Waals surface area contributed by atoms with Crippen molar-refractivity contribution in [3.05, 3.63) is 35.9 Å². The number of hydrogen-bond acceptors (Lipinski definition) is 5. The largest absolute Gasteiger partial charge is 0.446 e. The van der Waals surface area contributed by atoms with Gasteiger partial charge in [-0.1, -0.05) is 52.9 Å². The van der Waals surface area contributed by atoms with Crippen LogP contribution in [0.2, 0.25) is 0 Å². The number of carbonyl (C=O) groups is 4. The fourth-order valence-electron chi connectivity index (χ4n) is 3.15. The molecule has 2 aliphatic rings. The van der Waals surface area contributed by atoms with Crippen molar-refractivity contribution < 1.29 is 23.9 Å². The average Bonchev–Trinajstić information content (AvgIpc) is 3.16. The molecule has 1 aromatic rings. The van der Waals surface area contributed by atoms with Crippen molar-refractivity contribution in [1.82, 2.24) is 9.80 Å². The number of rotatable bonds is 6. The lowest BCUT2D eigenvalue weighted by Gasteiger charge is -2.22. The Hall–Kier alpha value is -1.97. The number of carbonyl (C=O) groups excluding carboxylic acids is 4. The molecule has 0 saturated carbocycles. The highest BCUT2D eigenvalue weighted by Gasteiger charge is 2.39. The SMILES string of the molecule is O=C1CCC(=O)N1CCC(I)CC(=O)N1C(=O)OC[C@@H]1c1ccccc1. The Morgan fingerprint density at radius 2 is 1.81 bits per heavy atom. The molecule has 4 amide bonds. The Kier molecular flexibility index (Phi) is 5.90. The molecular weight excluding hydrogens is 451 g/mol. The van der Waals surface area contributed by atoms with E-state index < -0.39 is 12.1 Å². The highest BCUT2D eigenvalue weighted by atomic mass is 127. The van der Waals surface area contributed by atoms with Crippen molar-refractivity contribution in [3.63, 3.8) is 0 Å². The van der Waals surface area contributed by atoms with Crippen LogP contribution in [0, 0.1) is 0 Å². The summed E-state index contributed by atoms with van der Waals surface area (Å²) in [6, 6.07) is 8.88. The summed E-state index contributed by atoms with van der Waals surface area (Å²) in [4.78, 5) is 50.4. The van der Waals surface area contributed by atoms with E-state index in [4.69, 9.17) is 4.74 Å². The number of hydrogen-bond donors (Lipinski definition) is 0. The number of alkyl halides is 1. The molecule has 0 aromatic heterocycles. The zero-order chi connectivity index (χ0) is 18.7. The second kappa shape index (κ2) is 8.15. The number of likely N-dealkylation sites (tertiary alicyclic amines) is 1. The van der Waals surface area contributed by atoms with Crippen LogP contribution in [-0.4, -0.2) is 50.7 Å². The first-order chi connectivity index (χ1) is 12.5. The molecule has 26 heavy (non-hydrogen) atoms. The molecule has 138 valence electrons. The molecule has 0 aliphatic carbocycles. The summed E-state index contributed by atoms with van der Waals surface area (Å²) < 4.78 is 4.98. The van der Waals surface area contributed by atoms with E-state index in [-0.39, 0.29) is 47.5 Å². The average molecular weight is 470 g/mol. The Labute approximate surface area is 164 Å². The smallest absolute Gasteiger partial charge is 0.417 e. The minimum absolute atomic E-state index is 0.0916. The maximum atomic E-state index is 12.6.